The van der Waals surface area contributed by atoms with E-state index in [1.165, 1.54) is 0 Å². The highest BCUT2D eigenvalue weighted by Gasteiger charge is 2.27. The molecule has 0 saturated carbocycles. The van der Waals surface area contributed by atoms with Gasteiger partial charge in [-0.3, -0.25) is 0 Å². The topological polar surface area (TPSA) is 49.4 Å². The van der Waals surface area contributed by atoms with Crippen LogP contribution in [-0.4, -0.2) is 39.4 Å². The molecule has 1 aliphatic heterocycles. The smallest absolute Gasteiger partial charge is 0.218 e. The summed E-state index contributed by atoms with van der Waals surface area (Å²) in [5.74, 6) is 0.778. The fraction of sp³-hybridized carbons (Fsp3) is 0.600. The van der Waals surface area contributed by atoms with E-state index in [-0.39, 0.29) is 18.2 Å². The van der Waals surface area contributed by atoms with Gasteiger partial charge in [0.15, 0.2) is 0 Å². The molecule has 0 radical (unpaired) electrons. The molecule has 21 heavy (non-hydrogen) atoms. The van der Waals surface area contributed by atoms with Gasteiger partial charge in [-0.2, -0.15) is 0 Å². The van der Waals surface area contributed by atoms with Crippen LogP contribution in [0.3, 0.4) is 0 Å². The molecule has 1 heterocycles. The van der Waals surface area contributed by atoms with Crippen molar-refractivity contribution in [3.8, 4) is 0 Å². The Kier molecular flexibility index (Phi) is 7.66. The van der Waals surface area contributed by atoms with E-state index in [1.807, 2.05) is 37.4 Å². The Balaban J connectivity index is 0.00000220. The number of rotatable bonds is 6. The lowest BCUT2D eigenvalue weighted by Crippen LogP contribution is -2.39. The van der Waals surface area contributed by atoms with Crippen molar-refractivity contribution in [2.24, 2.45) is 5.92 Å². The third kappa shape index (κ3) is 5.58. The second-order valence-corrected chi connectivity index (χ2v) is 7.45. The summed E-state index contributed by atoms with van der Waals surface area (Å²) < 4.78 is 26.4. The summed E-state index contributed by atoms with van der Waals surface area (Å²) in [7, 11) is -1.20. The summed E-state index contributed by atoms with van der Waals surface area (Å²) in [6, 6.07) is 9.42. The van der Waals surface area contributed by atoms with Crippen molar-refractivity contribution in [3.63, 3.8) is 0 Å². The number of nitrogens with zero attached hydrogens (tertiary/aromatic N) is 1. The van der Waals surface area contributed by atoms with Crippen LogP contribution in [0.15, 0.2) is 30.3 Å². The molecule has 1 aromatic carbocycles. The van der Waals surface area contributed by atoms with Crippen LogP contribution in [0.4, 0.5) is 0 Å². The molecule has 0 spiro atoms. The largest absolute Gasteiger partial charge is 0.320 e. The predicted octanol–water partition coefficient (Wildman–Crippen LogP) is 2.26. The SMILES string of the molecule is CNCCC1CCN(S(=O)(=O)Cc2ccccc2)CC1.Cl. The lowest BCUT2D eigenvalue weighted by atomic mass is 9.95. The Labute approximate surface area is 134 Å². The molecule has 0 bridgehead atoms. The number of hydrogen-bond acceptors (Lipinski definition) is 3. The zero-order valence-electron chi connectivity index (χ0n) is 12.5. The van der Waals surface area contributed by atoms with Crippen LogP contribution < -0.4 is 5.32 Å². The van der Waals surface area contributed by atoms with Gasteiger partial charge in [0.05, 0.1) is 5.75 Å². The fourth-order valence-electron chi connectivity index (χ4n) is 2.70. The average Bonchev–Trinajstić information content (AvgIpc) is 2.46. The van der Waals surface area contributed by atoms with E-state index in [4.69, 9.17) is 0 Å². The van der Waals surface area contributed by atoms with Crippen molar-refractivity contribution < 1.29 is 8.42 Å². The van der Waals surface area contributed by atoms with Gasteiger partial charge in [-0.25, -0.2) is 12.7 Å². The third-order valence-corrected chi connectivity index (χ3v) is 5.81. The maximum absolute atomic E-state index is 12.4. The van der Waals surface area contributed by atoms with Crippen LogP contribution >= 0.6 is 12.4 Å². The Morgan fingerprint density at radius 2 is 1.81 bits per heavy atom. The highest BCUT2D eigenvalue weighted by atomic mass is 35.5. The van der Waals surface area contributed by atoms with Crippen molar-refractivity contribution in [2.75, 3.05) is 26.7 Å². The maximum Gasteiger partial charge on any atom is 0.218 e. The molecule has 6 heteroatoms. The fourth-order valence-corrected chi connectivity index (χ4v) is 4.26. The lowest BCUT2D eigenvalue weighted by molar-refractivity contribution is 0.263. The maximum atomic E-state index is 12.4. The minimum absolute atomic E-state index is 0. The van der Waals surface area contributed by atoms with Gasteiger partial charge in [0.1, 0.15) is 0 Å². The predicted molar refractivity (Wildman–Crippen MR) is 89.2 cm³/mol. The molecule has 120 valence electrons. The molecule has 0 atom stereocenters. The quantitative estimate of drug-likeness (QED) is 0.869. The Morgan fingerprint density at radius 1 is 1.19 bits per heavy atom. The molecule has 0 unspecified atom stereocenters. The van der Waals surface area contributed by atoms with Crippen molar-refractivity contribution in [1.29, 1.82) is 0 Å². The van der Waals surface area contributed by atoms with Crippen LogP contribution in [-0.2, 0) is 15.8 Å². The van der Waals surface area contributed by atoms with E-state index in [0.29, 0.717) is 19.0 Å². The van der Waals surface area contributed by atoms with E-state index in [1.54, 1.807) is 4.31 Å². The molecule has 1 N–H and O–H groups in total. The zero-order chi connectivity index (χ0) is 14.4. The molecule has 2 rings (SSSR count). The Bertz CT molecular complexity index is 500. The van der Waals surface area contributed by atoms with E-state index in [0.717, 1.165) is 31.4 Å². The summed E-state index contributed by atoms with van der Waals surface area (Å²) in [6.07, 6.45) is 3.11. The summed E-state index contributed by atoms with van der Waals surface area (Å²) >= 11 is 0. The average molecular weight is 333 g/mol. The van der Waals surface area contributed by atoms with Crippen LogP contribution in [0.2, 0.25) is 0 Å². The molecule has 4 nitrogen and oxygen atoms in total. The number of halogens is 1. The lowest BCUT2D eigenvalue weighted by Gasteiger charge is -2.31. The standard InChI is InChI=1S/C15H24N2O2S.ClH/c1-16-10-7-14-8-11-17(12-9-14)20(18,19)13-15-5-3-2-4-6-15;/h2-6,14,16H,7-13H2,1H3;1H. The molecule has 0 amide bonds. The summed E-state index contributed by atoms with van der Waals surface area (Å²) in [6.45, 7) is 2.36. The van der Waals surface area contributed by atoms with Gasteiger partial charge in [-0.1, -0.05) is 30.3 Å². The third-order valence-electron chi connectivity index (χ3n) is 3.96. The summed E-state index contributed by atoms with van der Waals surface area (Å²) in [5.41, 5.74) is 0.866. The number of piperidine rings is 1. The van der Waals surface area contributed by atoms with Crippen molar-refractivity contribution in [3.05, 3.63) is 35.9 Å². The van der Waals surface area contributed by atoms with Crippen LogP contribution in [0.5, 0.6) is 0 Å². The molecule has 1 aliphatic rings. The molecular weight excluding hydrogens is 308 g/mol. The van der Waals surface area contributed by atoms with E-state index in [9.17, 15) is 8.42 Å². The van der Waals surface area contributed by atoms with Gasteiger partial charge >= 0.3 is 0 Å². The highest BCUT2D eigenvalue weighted by molar-refractivity contribution is 7.88. The minimum atomic E-state index is -3.16. The summed E-state index contributed by atoms with van der Waals surface area (Å²) in [4.78, 5) is 0. The van der Waals surface area contributed by atoms with E-state index < -0.39 is 10.0 Å². The second-order valence-electron chi connectivity index (χ2n) is 5.48. The summed E-state index contributed by atoms with van der Waals surface area (Å²) in [5, 5.41) is 3.16. The van der Waals surface area contributed by atoms with Gasteiger partial charge in [0.2, 0.25) is 10.0 Å². The molecule has 1 saturated heterocycles. The Hall–Kier alpha value is -0.620. The first-order chi connectivity index (χ1) is 9.62. The highest BCUT2D eigenvalue weighted by Crippen LogP contribution is 2.23. The van der Waals surface area contributed by atoms with Gasteiger partial charge in [0.25, 0.3) is 0 Å². The van der Waals surface area contributed by atoms with E-state index >= 15 is 0 Å². The van der Waals surface area contributed by atoms with Gasteiger partial charge in [-0.05, 0) is 44.3 Å². The van der Waals surface area contributed by atoms with Gasteiger partial charge in [-0.15, -0.1) is 12.4 Å². The first-order valence-electron chi connectivity index (χ1n) is 7.28. The normalized spacial score (nSPS) is 17.4. The first-order valence-corrected chi connectivity index (χ1v) is 8.89. The molecular formula is C15H25ClN2O2S. The van der Waals surface area contributed by atoms with Gasteiger partial charge in [0, 0.05) is 13.1 Å². The molecule has 1 fully saturated rings. The second kappa shape index (κ2) is 8.73. The molecule has 1 aromatic rings. The number of nitrogens with one attached hydrogen (secondary N) is 1. The van der Waals surface area contributed by atoms with E-state index in [2.05, 4.69) is 5.32 Å². The van der Waals surface area contributed by atoms with Gasteiger partial charge < -0.3 is 5.32 Å². The monoisotopic (exact) mass is 332 g/mol. The van der Waals surface area contributed by atoms with Crippen LogP contribution in [0.1, 0.15) is 24.8 Å². The number of benzene rings is 1. The number of sulfonamides is 1. The Morgan fingerprint density at radius 3 is 2.38 bits per heavy atom. The molecule has 0 aliphatic carbocycles. The van der Waals surface area contributed by atoms with Crippen LogP contribution in [0, 0.1) is 5.92 Å². The minimum Gasteiger partial charge on any atom is -0.320 e. The van der Waals surface area contributed by atoms with Crippen molar-refractivity contribution in [2.45, 2.75) is 25.0 Å². The molecule has 0 aromatic heterocycles. The zero-order valence-corrected chi connectivity index (χ0v) is 14.1. The van der Waals surface area contributed by atoms with Crippen molar-refractivity contribution >= 4 is 22.4 Å². The first kappa shape index (κ1) is 18.4. The number of hydrogen-bond donors (Lipinski definition) is 1. The van der Waals surface area contributed by atoms with Crippen LogP contribution in [0.25, 0.3) is 0 Å². The van der Waals surface area contributed by atoms with Crippen molar-refractivity contribution in [1.82, 2.24) is 9.62 Å².